The Morgan fingerprint density at radius 2 is 2.38 bits per heavy atom. The average molecular weight is 116 g/mol. The number of nitrogens with two attached hydrogens (primary N) is 1. The highest BCUT2D eigenvalue weighted by Gasteiger charge is 2.11. The van der Waals surface area contributed by atoms with Crippen molar-refractivity contribution in [2.75, 3.05) is 0 Å². The topological polar surface area (TPSA) is 63.3 Å². The molecule has 2 unspecified atom stereocenters. The highest BCUT2D eigenvalue weighted by molar-refractivity contribution is 5.54. The molecule has 0 fully saturated rings. The Hall–Kier alpha value is -0.410. The van der Waals surface area contributed by atoms with E-state index in [9.17, 15) is 4.79 Å². The zero-order valence-corrected chi connectivity index (χ0v) is 4.79. The molecule has 3 nitrogen and oxygen atoms in total. The molecule has 0 amide bonds. The summed E-state index contributed by atoms with van der Waals surface area (Å²) in [6.45, 7) is 1.77. The van der Waals surface area contributed by atoms with Crippen LogP contribution in [0, 0.1) is 5.92 Å². The van der Waals surface area contributed by atoms with Gasteiger partial charge in [-0.05, 0) is 6.42 Å². The van der Waals surface area contributed by atoms with Gasteiger partial charge < -0.3 is 10.8 Å². The predicted molar refractivity (Wildman–Crippen MR) is 29.7 cm³/mol. The maximum Gasteiger partial charge on any atom is 0.205 e. The Balaban J connectivity index is 3.51. The summed E-state index contributed by atoms with van der Waals surface area (Å²) in [7, 11) is 0. The van der Waals surface area contributed by atoms with Crippen LogP contribution in [0.25, 0.3) is 0 Å². The molecule has 0 saturated heterocycles. The van der Waals surface area contributed by atoms with Crippen molar-refractivity contribution in [1.29, 1.82) is 0 Å². The van der Waals surface area contributed by atoms with E-state index in [-0.39, 0.29) is 0 Å². The van der Waals surface area contributed by atoms with Crippen molar-refractivity contribution in [1.82, 2.24) is 0 Å². The molecule has 0 saturated carbocycles. The first-order chi connectivity index (χ1) is 3.72. The fraction of sp³-hybridized carbons (Fsp3) is 0.800. The quantitative estimate of drug-likeness (QED) is 0.484. The van der Waals surface area contributed by atoms with Gasteiger partial charge in [-0.3, -0.25) is 4.79 Å². The van der Waals surface area contributed by atoms with Crippen molar-refractivity contribution in [3.05, 3.63) is 0 Å². The van der Waals surface area contributed by atoms with Gasteiger partial charge in [0.2, 0.25) is 6.29 Å². The van der Waals surface area contributed by atoms with Crippen LogP contribution >= 0.6 is 0 Å². The van der Waals surface area contributed by atoms with Gasteiger partial charge in [-0.25, -0.2) is 0 Å². The van der Waals surface area contributed by atoms with Gasteiger partial charge in [0, 0.05) is 0 Å². The smallest absolute Gasteiger partial charge is 0.205 e. The second kappa shape index (κ2) is 3.57. The molecule has 0 aromatic heterocycles. The fourth-order valence-electron chi connectivity index (χ4n) is 0.395. The van der Waals surface area contributed by atoms with Gasteiger partial charge in [0.15, 0.2) is 0 Å². The Morgan fingerprint density at radius 1 is 1.88 bits per heavy atom. The minimum absolute atomic E-state index is 0.519. The number of carbonyl (C=O) groups excluding carboxylic acids is 1. The zero-order chi connectivity index (χ0) is 6.57. The average Bonchev–Trinajstić information content (AvgIpc) is 1.69. The predicted octanol–water partition coefficient (Wildman–Crippen LogP) is -0.601. The van der Waals surface area contributed by atoms with Gasteiger partial charge in [-0.1, -0.05) is 6.92 Å². The summed E-state index contributed by atoms with van der Waals surface area (Å²) in [5.41, 5.74) is 4.95. The number of hydrogen-bond donors (Lipinski definition) is 2. The summed E-state index contributed by atoms with van der Waals surface area (Å²) >= 11 is 0. The van der Waals surface area contributed by atoms with E-state index in [0.717, 1.165) is 0 Å². The van der Waals surface area contributed by atoms with E-state index in [2.05, 4.69) is 0 Å². The van der Waals surface area contributed by atoms with Gasteiger partial charge in [-0.2, -0.15) is 0 Å². The number of rotatable bonds is 3. The second-order valence-corrected chi connectivity index (χ2v) is 1.62. The molecule has 2 atom stereocenters. The minimum atomic E-state index is -1.04. The summed E-state index contributed by atoms with van der Waals surface area (Å²) in [6.07, 6.45) is 1.12. The molecule has 0 heterocycles. The van der Waals surface area contributed by atoms with Crippen LogP contribution in [-0.2, 0) is 4.79 Å². The van der Waals surface area contributed by atoms with Gasteiger partial charge in [-0.15, -0.1) is 0 Å². The minimum Gasteiger partial charge on any atom is -0.378 e. The highest BCUT2D eigenvalue weighted by atomic mass is 16.3. The maximum absolute atomic E-state index is 9.81. The molecule has 3 N–H and O–H groups in total. The standard InChI is InChI=1S/C5H10NO2/c1-2-4(3-7)5(6)8/h4-5,8H,2,6H2,1H3. The molecule has 0 aliphatic rings. The lowest BCUT2D eigenvalue weighted by molar-refractivity contribution is 0.141. The number of aliphatic hydroxyl groups is 1. The van der Waals surface area contributed by atoms with E-state index in [1.54, 1.807) is 13.2 Å². The lowest BCUT2D eigenvalue weighted by atomic mass is 10.1. The Labute approximate surface area is 48.5 Å². The summed E-state index contributed by atoms with van der Waals surface area (Å²) < 4.78 is 0. The largest absolute Gasteiger partial charge is 0.378 e. The third-order valence-electron chi connectivity index (χ3n) is 1.00. The second-order valence-electron chi connectivity index (χ2n) is 1.62. The van der Waals surface area contributed by atoms with Crippen molar-refractivity contribution in [2.24, 2.45) is 11.7 Å². The van der Waals surface area contributed by atoms with Crippen molar-refractivity contribution in [3.63, 3.8) is 0 Å². The van der Waals surface area contributed by atoms with Crippen molar-refractivity contribution in [3.8, 4) is 0 Å². The zero-order valence-electron chi connectivity index (χ0n) is 4.79. The lowest BCUT2D eigenvalue weighted by Crippen LogP contribution is -2.29. The van der Waals surface area contributed by atoms with Crippen LogP contribution < -0.4 is 5.73 Å². The van der Waals surface area contributed by atoms with E-state index >= 15 is 0 Å². The highest BCUT2D eigenvalue weighted by Crippen LogP contribution is 1.98. The summed E-state index contributed by atoms with van der Waals surface area (Å²) in [5, 5.41) is 8.53. The molecule has 0 aromatic rings. The molecule has 0 bridgehead atoms. The van der Waals surface area contributed by atoms with Crippen LogP contribution in [0.4, 0.5) is 0 Å². The normalized spacial score (nSPS) is 17.4. The third-order valence-corrected chi connectivity index (χ3v) is 1.00. The molecule has 8 heavy (non-hydrogen) atoms. The molecule has 0 spiro atoms. The Kier molecular flexibility index (Phi) is 3.39. The molecule has 3 heteroatoms. The van der Waals surface area contributed by atoms with Gasteiger partial charge >= 0.3 is 0 Å². The Bertz CT molecular complexity index is 72.8. The van der Waals surface area contributed by atoms with Crippen LogP contribution in [0.2, 0.25) is 0 Å². The number of hydrogen-bond acceptors (Lipinski definition) is 3. The van der Waals surface area contributed by atoms with Crippen LogP contribution in [0.15, 0.2) is 0 Å². The SMILES string of the molecule is CCC([C]=O)C(N)O. The molecule has 1 radical (unpaired) electrons. The first-order valence-corrected chi connectivity index (χ1v) is 2.53. The molecule has 0 aliphatic carbocycles. The summed E-state index contributed by atoms with van der Waals surface area (Å²) in [5.74, 6) is -0.519. The van der Waals surface area contributed by atoms with Gasteiger partial charge in [0.25, 0.3) is 0 Å². The van der Waals surface area contributed by atoms with Crippen molar-refractivity contribution >= 4 is 6.29 Å². The van der Waals surface area contributed by atoms with Crippen LogP contribution in [0.3, 0.4) is 0 Å². The molecule has 47 valence electrons. The molecular formula is C5H10NO2. The van der Waals surface area contributed by atoms with E-state index in [4.69, 9.17) is 10.8 Å². The maximum atomic E-state index is 9.81. The van der Waals surface area contributed by atoms with Crippen molar-refractivity contribution in [2.45, 2.75) is 19.6 Å². The summed E-state index contributed by atoms with van der Waals surface area (Å²) in [6, 6.07) is 0. The van der Waals surface area contributed by atoms with Crippen LogP contribution in [0.5, 0.6) is 0 Å². The fourth-order valence-corrected chi connectivity index (χ4v) is 0.395. The molecular weight excluding hydrogens is 106 g/mol. The van der Waals surface area contributed by atoms with E-state index in [1.165, 1.54) is 0 Å². The molecule has 0 aliphatic heterocycles. The van der Waals surface area contributed by atoms with Crippen LogP contribution in [-0.4, -0.2) is 17.6 Å². The number of aliphatic hydroxyl groups excluding tert-OH is 1. The third kappa shape index (κ3) is 2.04. The lowest BCUT2D eigenvalue weighted by Gasteiger charge is -2.07. The molecule has 0 aromatic carbocycles. The van der Waals surface area contributed by atoms with E-state index in [0.29, 0.717) is 6.42 Å². The van der Waals surface area contributed by atoms with E-state index in [1.807, 2.05) is 0 Å². The monoisotopic (exact) mass is 116 g/mol. The van der Waals surface area contributed by atoms with Gasteiger partial charge in [0.1, 0.15) is 6.23 Å². The van der Waals surface area contributed by atoms with Crippen LogP contribution in [0.1, 0.15) is 13.3 Å². The Morgan fingerprint density at radius 3 is 2.38 bits per heavy atom. The first-order valence-electron chi connectivity index (χ1n) is 2.53. The summed E-state index contributed by atoms with van der Waals surface area (Å²) in [4.78, 5) is 9.81. The van der Waals surface area contributed by atoms with Gasteiger partial charge in [0.05, 0.1) is 5.92 Å². The van der Waals surface area contributed by atoms with Crippen molar-refractivity contribution < 1.29 is 9.90 Å². The molecule has 0 rings (SSSR count). The first kappa shape index (κ1) is 7.59. The van der Waals surface area contributed by atoms with E-state index < -0.39 is 12.1 Å².